The van der Waals surface area contributed by atoms with Crippen molar-refractivity contribution in [3.05, 3.63) is 106 Å². The first-order chi connectivity index (χ1) is 20.0. The molecule has 1 aliphatic rings. The van der Waals surface area contributed by atoms with E-state index < -0.39 is 6.04 Å². The maximum atomic E-state index is 14.1. The van der Waals surface area contributed by atoms with Crippen LogP contribution in [0.3, 0.4) is 0 Å². The molecule has 0 aromatic heterocycles. The Kier molecular flexibility index (Phi) is 9.14. The van der Waals surface area contributed by atoms with Crippen LogP contribution >= 0.6 is 0 Å². The molecule has 5 rings (SSSR count). The number of fused-ring (bicyclic) bond motifs is 2. The first-order valence-corrected chi connectivity index (χ1v) is 14.3. The van der Waals surface area contributed by atoms with Crippen molar-refractivity contribution in [3.63, 3.8) is 0 Å². The number of nitrogens with one attached hydrogen (secondary N) is 2. The molecule has 41 heavy (non-hydrogen) atoms. The molecular formula is C33H36N6O2. The SMILES string of the molecule is CN(C(=O)[C@@H](Cc1ccc2ccccc2c1)NC(=O)C1CCNCC1)[C@@H](CN=[N+]=[N-])Cc1ccc2ccccc2c1. The number of amides is 2. The summed E-state index contributed by atoms with van der Waals surface area (Å²) in [5, 5.41) is 14.7. The molecule has 0 radical (unpaired) electrons. The lowest BCUT2D eigenvalue weighted by Crippen LogP contribution is -2.54. The molecule has 2 amide bonds. The summed E-state index contributed by atoms with van der Waals surface area (Å²) in [4.78, 5) is 32.0. The minimum Gasteiger partial charge on any atom is -0.344 e. The van der Waals surface area contributed by atoms with Gasteiger partial charge in [0.2, 0.25) is 11.8 Å². The van der Waals surface area contributed by atoms with E-state index in [0.29, 0.717) is 12.8 Å². The maximum Gasteiger partial charge on any atom is 0.245 e. The predicted molar refractivity (Wildman–Crippen MR) is 163 cm³/mol. The number of hydrogen-bond donors (Lipinski definition) is 2. The molecule has 210 valence electrons. The van der Waals surface area contributed by atoms with Gasteiger partial charge < -0.3 is 15.5 Å². The number of azide groups is 1. The second-order valence-corrected chi connectivity index (χ2v) is 10.9. The summed E-state index contributed by atoms with van der Waals surface area (Å²) in [5.41, 5.74) is 11.1. The predicted octanol–water partition coefficient (Wildman–Crippen LogP) is 5.40. The van der Waals surface area contributed by atoms with Gasteiger partial charge in [-0.05, 0) is 70.6 Å². The van der Waals surface area contributed by atoms with E-state index in [-0.39, 0.29) is 30.3 Å². The number of benzene rings is 4. The quantitative estimate of drug-likeness (QED) is 0.157. The van der Waals surface area contributed by atoms with Crippen LogP contribution in [0.15, 0.2) is 90.0 Å². The number of carbonyl (C=O) groups is 2. The fourth-order valence-electron chi connectivity index (χ4n) is 5.69. The van der Waals surface area contributed by atoms with Crippen LogP contribution in [0.2, 0.25) is 0 Å². The van der Waals surface area contributed by atoms with Crippen LogP contribution in [0.25, 0.3) is 32.0 Å². The average Bonchev–Trinajstić information content (AvgIpc) is 3.02. The summed E-state index contributed by atoms with van der Waals surface area (Å²) in [5.74, 6) is -0.399. The Labute approximate surface area is 240 Å². The van der Waals surface area contributed by atoms with Crippen LogP contribution in [0.1, 0.15) is 24.0 Å². The van der Waals surface area contributed by atoms with Gasteiger partial charge in [0.15, 0.2) is 0 Å². The normalized spacial score (nSPS) is 15.1. The Bertz CT molecular complexity index is 1570. The highest BCUT2D eigenvalue weighted by molar-refractivity contribution is 5.89. The maximum absolute atomic E-state index is 14.1. The molecular weight excluding hydrogens is 512 g/mol. The number of nitrogens with zero attached hydrogens (tertiary/aromatic N) is 4. The van der Waals surface area contributed by atoms with Crippen LogP contribution < -0.4 is 10.6 Å². The van der Waals surface area contributed by atoms with E-state index >= 15 is 0 Å². The van der Waals surface area contributed by atoms with Gasteiger partial charge in [-0.2, -0.15) is 0 Å². The van der Waals surface area contributed by atoms with Gasteiger partial charge in [0.1, 0.15) is 6.04 Å². The van der Waals surface area contributed by atoms with Crippen LogP contribution in [-0.4, -0.2) is 55.5 Å². The summed E-state index contributed by atoms with van der Waals surface area (Å²) in [6.45, 7) is 1.72. The minimum absolute atomic E-state index is 0.0832. The average molecular weight is 549 g/mol. The molecule has 4 aromatic carbocycles. The summed E-state index contributed by atoms with van der Waals surface area (Å²) in [6, 6.07) is 27.5. The molecule has 0 saturated carbocycles. The summed E-state index contributed by atoms with van der Waals surface area (Å²) >= 11 is 0. The first kappa shape index (κ1) is 28.1. The third-order valence-electron chi connectivity index (χ3n) is 8.11. The summed E-state index contributed by atoms with van der Waals surface area (Å²) in [6.07, 6.45) is 2.39. The lowest BCUT2D eigenvalue weighted by Gasteiger charge is -2.32. The smallest absolute Gasteiger partial charge is 0.245 e. The fraction of sp³-hybridized carbons (Fsp3) is 0.333. The number of rotatable bonds is 10. The molecule has 2 atom stereocenters. The van der Waals surface area contributed by atoms with Gasteiger partial charge in [-0.3, -0.25) is 9.59 Å². The monoisotopic (exact) mass is 548 g/mol. The Morgan fingerprint density at radius 1 is 0.902 bits per heavy atom. The van der Waals surface area contributed by atoms with E-state index in [4.69, 9.17) is 5.53 Å². The zero-order valence-electron chi connectivity index (χ0n) is 23.4. The van der Waals surface area contributed by atoms with E-state index in [1.807, 2.05) is 30.3 Å². The van der Waals surface area contributed by atoms with Gasteiger partial charge in [-0.25, -0.2) is 0 Å². The molecule has 1 saturated heterocycles. The number of likely N-dealkylation sites (N-methyl/N-ethyl adjacent to an activating group) is 1. The van der Waals surface area contributed by atoms with Gasteiger partial charge in [0, 0.05) is 36.9 Å². The van der Waals surface area contributed by atoms with E-state index in [1.54, 1.807) is 11.9 Å². The van der Waals surface area contributed by atoms with Gasteiger partial charge in [0.25, 0.3) is 0 Å². The van der Waals surface area contributed by atoms with Crippen LogP contribution in [0.4, 0.5) is 0 Å². The van der Waals surface area contributed by atoms with Crippen molar-refractivity contribution >= 4 is 33.4 Å². The van der Waals surface area contributed by atoms with Gasteiger partial charge >= 0.3 is 0 Å². The van der Waals surface area contributed by atoms with Gasteiger partial charge in [-0.15, -0.1) is 0 Å². The van der Waals surface area contributed by atoms with E-state index in [2.05, 4.69) is 75.3 Å². The van der Waals surface area contributed by atoms with Crippen LogP contribution in [0, 0.1) is 5.92 Å². The molecule has 1 aliphatic heterocycles. The number of hydrogen-bond acceptors (Lipinski definition) is 4. The molecule has 8 nitrogen and oxygen atoms in total. The second kappa shape index (κ2) is 13.3. The number of piperidine rings is 1. The third-order valence-corrected chi connectivity index (χ3v) is 8.11. The molecule has 2 N–H and O–H groups in total. The molecule has 0 unspecified atom stereocenters. The molecule has 0 aliphatic carbocycles. The largest absolute Gasteiger partial charge is 0.344 e. The standard InChI is InChI=1S/C33H36N6O2/c1-39(30(22-36-38-34)20-23-10-12-25-6-2-4-8-28(25)18-23)33(41)31(37-32(40)27-14-16-35-17-15-27)21-24-11-13-26-7-3-5-9-29(26)19-24/h2-13,18-19,27,30-31,35H,14-17,20-22H2,1H3,(H,37,40)/t30-,31-/m1/s1. The Balaban J connectivity index is 1.40. The molecule has 8 heteroatoms. The molecule has 1 heterocycles. The summed E-state index contributed by atoms with van der Waals surface area (Å²) in [7, 11) is 1.74. The third kappa shape index (κ3) is 7.04. The Hall–Kier alpha value is -4.39. The van der Waals surface area contributed by atoms with E-state index in [9.17, 15) is 9.59 Å². The topological polar surface area (TPSA) is 110 Å². The Morgan fingerprint density at radius 2 is 1.46 bits per heavy atom. The van der Waals surface area contributed by atoms with Crippen molar-refractivity contribution in [1.82, 2.24) is 15.5 Å². The van der Waals surface area contributed by atoms with Crippen molar-refractivity contribution in [2.75, 3.05) is 26.7 Å². The lowest BCUT2D eigenvalue weighted by molar-refractivity contribution is -0.138. The second-order valence-electron chi connectivity index (χ2n) is 10.9. The Morgan fingerprint density at radius 3 is 2.05 bits per heavy atom. The molecule has 0 spiro atoms. The lowest BCUT2D eigenvalue weighted by atomic mass is 9.95. The van der Waals surface area contributed by atoms with Crippen LogP contribution in [-0.2, 0) is 22.4 Å². The highest BCUT2D eigenvalue weighted by Gasteiger charge is 2.31. The number of carbonyl (C=O) groups excluding carboxylic acids is 2. The van der Waals surface area contributed by atoms with Crippen LogP contribution in [0.5, 0.6) is 0 Å². The highest BCUT2D eigenvalue weighted by atomic mass is 16.2. The molecule has 1 fully saturated rings. The minimum atomic E-state index is -0.742. The highest BCUT2D eigenvalue weighted by Crippen LogP contribution is 2.21. The first-order valence-electron chi connectivity index (χ1n) is 14.3. The molecule has 4 aromatic rings. The van der Waals surface area contributed by atoms with Crippen molar-refractivity contribution in [1.29, 1.82) is 0 Å². The van der Waals surface area contributed by atoms with Crippen molar-refractivity contribution in [3.8, 4) is 0 Å². The summed E-state index contributed by atoms with van der Waals surface area (Å²) < 4.78 is 0. The van der Waals surface area contributed by atoms with Crippen molar-refractivity contribution in [2.45, 2.75) is 37.8 Å². The van der Waals surface area contributed by atoms with Crippen molar-refractivity contribution in [2.24, 2.45) is 11.0 Å². The zero-order chi connectivity index (χ0) is 28.6. The van der Waals surface area contributed by atoms with Crippen molar-refractivity contribution < 1.29 is 9.59 Å². The molecule has 0 bridgehead atoms. The van der Waals surface area contributed by atoms with E-state index in [0.717, 1.165) is 58.6 Å². The van der Waals surface area contributed by atoms with E-state index in [1.165, 1.54) is 0 Å². The fourth-order valence-corrected chi connectivity index (χ4v) is 5.69. The zero-order valence-corrected chi connectivity index (χ0v) is 23.4. The van der Waals surface area contributed by atoms with Gasteiger partial charge in [-0.1, -0.05) is 90.0 Å². The van der Waals surface area contributed by atoms with Gasteiger partial charge in [0.05, 0.1) is 0 Å².